The fraction of sp³-hybridized carbons (Fsp3) is 0.182. The standard InChI is InChI=1S/C22H22N2O2/c1-16-20(17(2)24(3)23-16)13-14-22(25)26-21-12-8-7-11-19(21)15-18-9-5-4-6-10-18/h4-14H,15H2,1-3H3/b14-13-. The molecule has 26 heavy (non-hydrogen) atoms. The lowest BCUT2D eigenvalue weighted by Crippen LogP contribution is -2.06. The van der Waals surface area contributed by atoms with E-state index in [9.17, 15) is 4.79 Å². The number of hydrogen-bond acceptors (Lipinski definition) is 3. The Balaban J connectivity index is 1.74. The summed E-state index contributed by atoms with van der Waals surface area (Å²) in [4.78, 5) is 12.3. The zero-order valence-corrected chi connectivity index (χ0v) is 15.3. The molecule has 0 amide bonds. The lowest BCUT2D eigenvalue weighted by atomic mass is 10.0. The highest BCUT2D eigenvalue weighted by molar-refractivity contribution is 5.89. The van der Waals surface area contributed by atoms with E-state index in [4.69, 9.17) is 4.74 Å². The molecule has 132 valence electrons. The van der Waals surface area contributed by atoms with Gasteiger partial charge in [-0.3, -0.25) is 4.68 Å². The van der Waals surface area contributed by atoms with Gasteiger partial charge in [0, 0.05) is 30.8 Å². The maximum atomic E-state index is 12.3. The van der Waals surface area contributed by atoms with Crippen molar-refractivity contribution < 1.29 is 9.53 Å². The Bertz CT molecular complexity index is 940. The van der Waals surface area contributed by atoms with Gasteiger partial charge >= 0.3 is 5.97 Å². The molecule has 0 saturated heterocycles. The smallest absolute Gasteiger partial charge is 0.336 e. The highest BCUT2D eigenvalue weighted by Crippen LogP contribution is 2.22. The molecule has 0 N–H and O–H groups in total. The van der Waals surface area contributed by atoms with Crippen molar-refractivity contribution in [2.75, 3.05) is 0 Å². The second kappa shape index (κ2) is 7.83. The number of aromatic nitrogens is 2. The second-order valence-corrected chi connectivity index (χ2v) is 6.23. The number of carbonyl (C=O) groups is 1. The van der Waals surface area contributed by atoms with E-state index in [0.29, 0.717) is 5.75 Å². The van der Waals surface area contributed by atoms with E-state index in [1.54, 1.807) is 10.8 Å². The Morgan fingerprint density at radius 3 is 2.46 bits per heavy atom. The zero-order chi connectivity index (χ0) is 18.5. The number of carbonyl (C=O) groups excluding carboxylic acids is 1. The van der Waals surface area contributed by atoms with Gasteiger partial charge in [-0.05, 0) is 37.1 Å². The SMILES string of the molecule is Cc1nn(C)c(C)c1/C=C\C(=O)Oc1ccccc1Cc1ccccc1. The summed E-state index contributed by atoms with van der Waals surface area (Å²) in [6.45, 7) is 3.90. The van der Waals surface area contributed by atoms with Gasteiger partial charge in [-0.2, -0.15) is 5.10 Å². The molecule has 0 spiro atoms. The van der Waals surface area contributed by atoms with E-state index >= 15 is 0 Å². The third kappa shape index (κ3) is 4.09. The van der Waals surface area contributed by atoms with E-state index in [0.717, 1.165) is 28.9 Å². The van der Waals surface area contributed by atoms with Gasteiger partial charge in [0.05, 0.1) is 5.69 Å². The maximum Gasteiger partial charge on any atom is 0.336 e. The first-order valence-electron chi connectivity index (χ1n) is 8.56. The molecular weight excluding hydrogens is 324 g/mol. The summed E-state index contributed by atoms with van der Waals surface area (Å²) >= 11 is 0. The molecule has 0 saturated carbocycles. The summed E-state index contributed by atoms with van der Waals surface area (Å²) in [7, 11) is 1.89. The van der Waals surface area contributed by atoms with Crippen molar-refractivity contribution in [1.29, 1.82) is 0 Å². The van der Waals surface area contributed by atoms with Gasteiger partial charge in [0.2, 0.25) is 0 Å². The van der Waals surface area contributed by atoms with Crippen LogP contribution in [0, 0.1) is 13.8 Å². The van der Waals surface area contributed by atoms with Crippen LogP contribution in [0.1, 0.15) is 28.1 Å². The number of esters is 1. The molecule has 1 heterocycles. The van der Waals surface area contributed by atoms with Crippen LogP contribution in [-0.2, 0) is 18.3 Å². The number of ether oxygens (including phenoxy) is 1. The minimum atomic E-state index is -0.395. The molecule has 0 aliphatic rings. The lowest BCUT2D eigenvalue weighted by Gasteiger charge is -2.09. The summed E-state index contributed by atoms with van der Waals surface area (Å²) in [6.07, 6.45) is 3.94. The van der Waals surface area contributed by atoms with Gasteiger partial charge < -0.3 is 4.74 Å². The van der Waals surface area contributed by atoms with Crippen molar-refractivity contribution in [3.05, 3.63) is 88.8 Å². The highest BCUT2D eigenvalue weighted by Gasteiger charge is 2.09. The summed E-state index contributed by atoms with van der Waals surface area (Å²) in [5, 5.41) is 4.35. The highest BCUT2D eigenvalue weighted by atomic mass is 16.5. The van der Waals surface area contributed by atoms with Crippen molar-refractivity contribution in [1.82, 2.24) is 9.78 Å². The average molecular weight is 346 g/mol. The Labute approximate surface area is 153 Å². The van der Waals surface area contributed by atoms with Crippen LogP contribution < -0.4 is 4.74 Å². The van der Waals surface area contributed by atoms with Crippen molar-refractivity contribution in [2.45, 2.75) is 20.3 Å². The van der Waals surface area contributed by atoms with Crippen LogP contribution in [-0.4, -0.2) is 15.7 Å². The number of nitrogens with zero attached hydrogens (tertiary/aromatic N) is 2. The first-order chi connectivity index (χ1) is 12.5. The molecule has 0 atom stereocenters. The van der Waals surface area contributed by atoms with Crippen LogP contribution in [0.2, 0.25) is 0 Å². The molecule has 0 radical (unpaired) electrons. The largest absolute Gasteiger partial charge is 0.423 e. The Kier molecular flexibility index (Phi) is 5.32. The number of para-hydroxylation sites is 1. The Morgan fingerprint density at radius 1 is 1.08 bits per heavy atom. The quantitative estimate of drug-likeness (QED) is 0.394. The van der Waals surface area contributed by atoms with Crippen LogP contribution >= 0.6 is 0 Å². The first kappa shape index (κ1) is 17.7. The minimum Gasteiger partial charge on any atom is -0.423 e. The summed E-state index contributed by atoms with van der Waals surface area (Å²) in [5.74, 6) is 0.193. The van der Waals surface area contributed by atoms with Crippen LogP contribution in [0.25, 0.3) is 6.08 Å². The summed E-state index contributed by atoms with van der Waals surface area (Å²) < 4.78 is 7.37. The van der Waals surface area contributed by atoms with E-state index < -0.39 is 5.97 Å². The minimum absolute atomic E-state index is 0.395. The molecule has 3 aromatic rings. The predicted molar refractivity (Wildman–Crippen MR) is 103 cm³/mol. The first-order valence-corrected chi connectivity index (χ1v) is 8.56. The van der Waals surface area contributed by atoms with E-state index in [1.165, 1.54) is 11.6 Å². The molecular formula is C22H22N2O2. The average Bonchev–Trinajstić information content (AvgIpc) is 2.88. The van der Waals surface area contributed by atoms with Gasteiger partial charge in [0.1, 0.15) is 5.75 Å². The topological polar surface area (TPSA) is 44.1 Å². The fourth-order valence-corrected chi connectivity index (χ4v) is 2.89. The molecule has 0 fully saturated rings. The van der Waals surface area contributed by atoms with E-state index in [-0.39, 0.29) is 0 Å². The number of rotatable bonds is 5. The Morgan fingerprint density at radius 2 is 1.77 bits per heavy atom. The van der Waals surface area contributed by atoms with Crippen molar-refractivity contribution >= 4 is 12.0 Å². The lowest BCUT2D eigenvalue weighted by molar-refractivity contribution is -0.128. The number of aryl methyl sites for hydroxylation is 2. The maximum absolute atomic E-state index is 12.3. The molecule has 0 unspecified atom stereocenters. The van der Waals surface area contributed by atoms with Crippen LogP contribution in [0.15, 0.2) is 60.7 Å². The van der Waals surface area contributed by atoms with Gasteiger partial charge in [0.15, 0.2) is 0 Å². The monoisotopic (exact) mass is 346 g/mol. The number of benzene rings is 2. The predicted octanol–water partition coefficient (Wildman–Crippen LogP) is 4.25. The normalized spacial score (nSPS) is 11.0. The third-order valence-corrected chi connectivity index (χ3v) is 4.37. The van der Waals surface area contributed by atoms with Crippen LogP contribution in [0.4, 0.5) is 0 Å². The fourth-order valence-electron chi connectivity index (χ4n) is 2.89. The van der Waals surface area contributed by atoms with Crippen LogP contribution in [0.5, 0.6) is 5.75 Å². The van der Waals surface area contributed by atoms with Crippen molar-refractivity contribution in [3.8, 4) is 5.75 Å². The van der Waals surface area contributed by atoms with Crippen LogP contribution in [0.3, 0.4) is 0 Å². The molecule has 0 aliphatic carbocycles. The van der Waals surface area contributed by atoms with Gasteiger partial charge in [-0.25, -0.2) is 4.79 Å². The molecule has 4 nitrogen and oxygen atoms in total. The molecule has 0 bridgehead atoms. The molecule has 1 aromatic heterocycles. The summed E-state index contributed by atoms with van der Waals surface area (Å²) in [5.41, 5.74) is 5.00. The van der Waals surface area contributed by atoms with E-state index in [1.807, 2.05) is 63.4 Å². The van der Waals surface area contributed by atoms with Gasteiger partial charge in [0.25, 0.3) is 0 Å². The van der Waals surface area contributed by atoms with Gasteiger partial charge in [-0.1, -0.05) is 48.5 Å². The molecule has 0 aliphatic heterocycles. The number of hydrogen-bond donors (Lipinski definition) is 0. The van der Waals surface area contributed by atoms with Crippen molar-refractivity contribution in [2.24, 2.45) is 7.05 Å². The van der Waals surface area contributed by atoms with Gasteiger partial charge in [-0.15, -0.1) is 0 Å². The molecule has 3 rings (SSSR count). The van der Waals surface area contributed by atoms with E-state index in [2.05, 4.69) is 17.2 Å². The second-order valence-electron chi connectivity index (χ2n) is 6.23. The molecule has 4 heteroatoms. The van der Waals surface area contributed by atoms with Crippen molar-refractivity contribution in [3.63, 3.8) is 0 Å². The summed E-state index contributed by atoms with van der Waals surface area (Å²) in [6, 6.07) is 17.8. The Hall–Kier alpha value is -3.14. The zero-order valence-electron chi connectivity index (χ0n) is 15.3. The molecule has 2 aromatic carbocycles. The third-order valence-electron chi connectivity index (χ3n) is 4.37.